The SMILES string of the molecule is CCCCCCCCCCCCCCCC(=O)Nc1ccc(C)cc1C. The summed E-state index contributed by atoms with van der Waals surface area (Å²) in [5, 5.41) is 3.04. The lowest BCUT2D eigenvalue weighted by Crippen LogP contribution is -2.12. The van der Waals surface area contributed by atoms with Crippen LogP contribution < -0.4 is 5.32 Å². The Bertz CT molecular complexity index is 495. The summed E-state index contributed by atoms with van der Waals surface area (Å²) in [6.45, 7) is 6.40. The lowest BCUT2D eigenvalue weighted by atomic mass is 10.0. The van der Waals surface area contributed by atoms with Gasteiger partial charge in [0.25, 0.3) is 0 Å². The molecule has 2 heteroatoms. The number of carbonyl (C=O) groups excluding carboxylic acids is 1. The van der Waals surface area contributed by atoms with Crippen molar-refractivity contribution < 1.29 is 4.79 Å². The third-order valence-corrected chi connectivity index (χ3v) is 5.16. The molecule has 1 N–H and O–H groups in total. The number of hydrogen-bond acceptors (Lipinski definition) is 1. The van der Waals surface area contributed by atoms with Crippen LogP contribution in [0.1, 0.15) is 108 Å². The Kier molecular flexibility index (Phi) is 13.0. The highest BCUT2D eigenvalue weighted by Crippen LogP contribution is 2.17. The first-order valence-corrected chi connectivity index (χ1v) is 11.0. The molecule has 0 aliphatic rings. The Morgan fingerprint density at radius 3 is 1.77 bits per heavy atom. The number of amides is 1. The summed E-state index contributed by atoms with van der Waals surface area (Å²) in [5.74, 6) is 0.153. The molecule has 0 aliphatic carbocycles. The van der Waals surface area contributed by atoms with Gasteiger partial charge in [0, 0.05) is 12.1 Å². The molecular weight excluding hydrogens is 318 g/mol. The zero-order chi connectivity index (χ0) is 19.0. The molecule has 0 aliphatic heterocycles. The van der Waals surface area contributed by atoms with Crippen molar-refractivity contribution in [3.8, 4) is 0 Å². The predicted molar refractivity (Wildman–Crippen MR) is 115 cm³/mol. The Morgan fingerprint density at radius 2 is 1.27 bits per heavy atom. The molecule has 0 saturated heterocycles. The van der Waals surface area contributed by atoms with Crippen molar-refractivity contribution in [1.82, 2.24) is 0 Å². The maximum atomic E-state index is 12.0. The third kappa shape index (κ3) is 11.3. The van der Waals surface area contributed by atoms with Gasteiger partial charge in [-0.3, -0.25) is 4.79 Å². The van der Waals surface area contributed by atoms with E-state index in [1.165, 1.54) is 82.6 Å². The van der Waals surface area contributed by atoms with E-state index in [1.807, 2.05) is 19.1 Å². The fraction of sp³-hybridized carbons (Fsp3) is 0.708. The molecule has 0 spiro atoms. The monoisotopic (exact) mass is 359 g/mol. The standard InChI is InChI=1S/C24H41NO/c1-4-5-6-7-8-9-10-11-12-13-14-15-16-17-24(26)25-23-19-18-21(2)20-22(23)3/h18-20H,4-17H2,1-3H3,(H,25,26). The first kappa shape index (κ1) is 22.7. The van der Waals surface area contributed by atoms with Gasteiger partial charge in [0.15, 0.2) is 0 Å². The number of aryl methyl sites for hydroxylation is 2. The molecule has 0 saturated carbocycles. The van der Waals surface area contributed by atoms with Crippen molar-refractivity contribution in [2.75, 3.05) is 5.32 Å². The molecule has 0 aromatic heterocycles. The molecule has 0 unspecified atom stereocenters. The topological polar surface area (TPSA) is 29.1 Å². The summed E-state index contributed by atoms with van der Waals surface area (Å²) in [5.41, 5.74) is 3.33. The Labute approximate surface area is 162 Å². The molecule has 1 aromatic rings. The number of rotatable bonds is 15. The quantitative estimate of drug-likeness (QED) is 0.319. The summed E-state index contributed by atoms with van der Waals surface area (Å²) in [7, 11) is 0. The molecule has 0 bridgehead atoms. The van der Waals surface area contributed by atoms with Crippen LogP contribution in [-0.2, 0) is 4.79 Å². The van der Waals surface area contributed by atoms with E-state index in [1.54, 1.807) is 0 Å². The zero-order valence-corrected chi connectivity index (χ0v) is 17.5. The van der Waals surface area contributed by atoms with Crippen LogP contribution >= 0.6 is 0 Å². The zero-order valence-electron chi connectivity index (χ0n) is 17.5. The smallest absolute Gasteiger partial charge is 0.224 e. The third-order valence-electron chi connectivity index (χ3n) is 5.16. The summed E-state index contributed by atoms with van der Waals surface area (Å²) in [6.07, 6.45) is 18.0. The van der Waals surface area contributed by atoms with Gasteiger partial charge in [-0.15, -0.1) is 0 Å². The lowest BCUT2D eigenvalue weighted by molar-refractivity contribution is -0.116. The van der Waals surface area contributed by atoms with Crippen LogP contribution in [0.3, 0.4) is 0 Å². The average Bonchev–Trinajstić information content (AvgIpc) is 2.61. The molecule has 1 aromatic carbocycles. The van der Waals surface area contributed by atoms with Crippen molar-refractivity contribution >= 4 is 11.6 Å². The van der Waals surface area contributed by atoms with Gasteiger partial charge < -0.3 is 5.32 Å². The highest BCUT2D eigenvalue weighted by atomic mass is 16.1. The van der Waals surface area contributed by atoms with Crippen LogP contribution in [0.5, 0.6) is 0 Å². The van der Waals surface area contributed by atoms with Crippen LogP contribution in [0.2, 0.25) is 0 Å². The predicted octanol–water partition coefficient (Wildman–Crippen LogP) is 7.72. The van der Waals surface area contributed by atoms with Crippen molar-refractivity contribution in [3.63, 3.8) is 0 Å². The molecule has 1 amide bonds. The minimum Gasteiger partial charge on any atom is -0.326 e. The second-order valence-corrected chi connectivity index (χ2v) is 7.86. The molecule has 1 rings (SSSR count). The molecule has 148 valence electrons. The van der Waals surface area contributed by atoms with E-state index in [9.17, 15) is 4.79 Å². The van der Waals surface area contributed by atoms with Crippen LogP contribution in [0.25, 0.3) is 0 Å². The van der Waals surface area contributed by atoms with Crippen LogP contribution in [0.4, 0.5) is 5.69 Å². The van der Waals surface area contributed by atoms with E-state index in [0.29, 0.717) is 6.42 Å². The molecule has 0 heterocycles. The fourth-order valence-electron chi connectivity index (χ4n) is 3.47. The second-order valence-electron chi connectivity index (χ2n) is 7.86. The van der Waals surface area contributed by atoms with E-state index >= 15 is 0 Å². The average molecular weight is 360 g/mol. The Morgan fingerprint density at radius 1 is 0.769 bits per heavy atom. The lowest BCUT2D eigenvalue weighted by Gasteiger charge is -2.09. The minimum absolute atomic E-state index is 0.153. The number of carbonyl (C=O) groups is 1. The van der Waals surface area contributed by atoms with Crippen LogP contribution in [-0.4, -0.2) is 5.91 Å². The van der Waals surface area contributed by atoms with Gasteiger partial charge in [0.05, 0.1) is 0 Å². The highest BCUT2D eigenvalue weighted by Gasteiger charge is 2.04. The maximum Gasteiger partial charge on any atom is 0.224 e. The van der Waals surface area contributed by atoms with Gasteiger partial charge >= 0.3 is 0 Å². The molecule has 0 radical (unpaired) electrons. The van der Waals surface area contributed by atoms with Gasteiger partial charge in [-0.2, -0.15) is 0 Å². The van der Waals surface area contributed by atoms with Gasteiger partial charge in [-0.25, -0.2) is 0 Å². The Hall–Kier alpha value is -1.31. The first-order valence-electron chi connectivity index (χ1n) is 11.0. The normalized spacial score (nSPS) is 10.9. The van der Waals surface area contributed by atoms with E-state index in [4.69, 9.17) is 0 Å². The van der Waals surface area contributed by atoms with E-state index in [2.05, 4.69) is 25.2 Å². The van der Waals surface area contributed by atoms with Gasteiger partial charge in [0.2, 0.25) is 5.91 Å². The summed E-state index contributed by atoms with van der Waals surface area (Å²) < 4.78 is 0. The molecule has 2 nitrogen and oxygen atoms in total. The number of unbranched alkanes of at least 4 members (excludes halogenated alkanes) is 12. The number of hydrogen-bond donors (Lipinski definition) is 1. The first-order chi connectivity index (χ1) is 12.6. The molecule has 26 heavy (non-hydrogen) atoms. The van der Waals surface area contributed by atoms with Crippen molar-refractivity contribution in [3.05, 3.63) is 29.3 Å². The van der Waals surface area contributed by atoms with Crippen LogP contribution in [0, 0.1) is 13.8 Å². The maximum absolute atomic E-state index is 12.0. The number of benzene rings is 1. The van der Waals surface area contributed by atoms with E-state index in [-0.39, 0.29) is 5.91 Å². The number of nitrogens with one attached hydrogen (secondary N) is 1. The minimum atomic E-state index is 0.153. The number of anilines is 1. The second kappa shape index (κ2) is 14.8. The van der Waals surface area contributed by atoms with E-state index in [0.717, 1.165) is 17.7 Å². The van der Waals surface area contributed by atoms with Gasteiger partial charge in [-0.1, -0.05) is 102 Å². The highest BCUT2D eigenvalue weighted by molar-refractivity contribution is 5.91. The molecule has 0 atom stereocenters. The molecule has 0 fully saturated rings. The molecular formula is C24H41NO. The Balaban J connectivity index is 1.92. The van der Waals surface area contributed by atoms with Crippen molar-refractivity contribution in [2.24, 2.45) is 0 Å². The summed E-state index contributed by atoms with van der Waals surface area (Å²) in [6, 6.07) is 6.17. The van der Waals surface area contributed by atoms with Crippen molar-refractivity contribution in [1.29, 1.82) is 0 Å². The van der Waals surface area contributed by atoms with Gasteiger partial charge in [0.1, 0.15) is 0 Å². The largest absolute Gasteiger partial charge is 0.326 e. The fourth-order valence-corrected chi connectivity index (χ4v) is 3.47. The summed E-state index contributed by atoms with van der Waals surface area (Å²) in [4.78, 5) is 12.0. The van der Waals surface area contributed by atoms with Crippen molar-refractivity contribution in [2.45, 2.75) is 111 Å². The van der Waals surface area contributed by atoms with Crippen LogP contribution in [0.15, 0.2) is 18.2 Å². The van der Waals surface area contributed by atoms with Gasteiger partial charge in [-0.05, 0) is 31.9 Å². The summed E-state index contributed by atoms with van der Waals surface area (Å²) >= 11 is 0. The van der Waals surface area contributed by atoms with E-state index < -0.39 is 0 Å².